The van der Waals surface area contributed by atoms with Crippen molar-refractivity contribution in [3.05, 3.63) is 35.4 Å². The van der Waals surface area contributed by atoms with Crippen LogP contribution >= 0.6 is 0 Å². The molecular weight excluding hydrogens is 242 g/mol. The Morgan fingerprint density at radius 2 is 1.79 bits per heavy atom. The molecule has 4 nitrogen and oxygen atoms in total. The predicted molar refractivity (Wildman–Crippen MR) is 75.4 cm³/mol. The number of aryl methyl sites for hydroxylation is 1. The molecule has 1 aromatic rings. The fourth-order valence-corrected chi connectivity index (χ4v) is 1.78. The summed E-state index contributed by atoms with van der Waals surface area (Å²) in [4.78, 5) is 12.2. The van der Waals surface area contributed by atoms with Crippen molar-refractivity contribution in [1.29, 1.82) is 0 Å². The first-order valence-electron chi connectivity index (χ1n) is 6.54. The van der Waals surface area contributed by atoms with Crippen LogP contribution in [0.5, 0.6) is 0 Å². The maximum Gasteiger partial charge on any atom is 0.179 e. The molecule has 19 heavy (non-hydrogen) atoms. The zero-order valence-corrected chi connectivity index (χ0v) is 12.1. The number of benzene rings is 1. The lowest BCUT2D eigenvalue weighted by Gasteiger charge is -2.18. The largest absolute Gasteiger partial charge is 0.355 e. The van der Waals surface area contributed by atoms with Gasteiger partial charge in [-0.3, -0.25) is 4.79 Å². The summed E-state index contributed by atoms with van der Waals surface area (Å²) >= 11 is 0. The minimum atomic E-state index is -0.335. The van der Waals surface area contributed by atoms with Gasteiger partial charge < -0.3 is 14.8 Å². The number of nitrogens with one attached hydrogen (secondary N) is 1. The summed E-state index contributed by atoms with van der Waals surface area (Å²) in [5, 5.41) is 3.11. The highest BCUT2D eigenvalue weighted by Gasteiger charge is 2.16. The third-order valence-corrected chi connectivity index (χ3v) is 3.16. The summed E-state index contributed by atoms with van der Waals surface area (Å²) in [6.07, 6.45) is 0.642. The summed E-state index contributed by atoms with van der Waals surface area (Å²) in [5.74, 6) is 0.0774. The minimum Gasteiger partial charge on any atom is -0.355 e. The van der Waals surface area contributed by atoms with Gasteiger partial charge in [0.2, 0.25) is 0 Å². The van der Waals surface area contributed by atoms with Gasteiger partial charge in [0.15, 0.2) is 12.1 Å². The molecule has 4 heteroatoms. The van der Waals surface area contributed by atoms with Crippen LogP contribution < -0.4 is 5.32 Å². The standard InChI is InChI=1S/C15H23NO3/c1-5-12-6-8-13(9-7-12)15(17)11(2)16-10-14(18-3)19-4/h6-9,11,14,16H,5,10H2,1-4H3. The molecule has 0 saturated carbocycles. The van der Waals surface area contributed by atoms with E-state index in [0.717, 1.165) is 12.0 Å². The summed E-state index contributed by atoms with van der Waals surface area (Å²) in [6, 6.07) is 7.48. The zero-order chi connectivity index (χ0) is 14.3. The van der Waals surface area contributed by atoms with Gasteiger partial charge in [-0.25, -0.2) is 0 Å². The van der Waals surface area contributed by atoms with Crippen LogP contribution in [0.3, 0.4) is 0 Å². The number of ether oxygens (including phenoxy) is 2. The second-order valence-electron chi connectivity index (χ2n) is 4.45. The molecule has 0 aliphatic heterocycles. The first-order chi connectivity index (χ1) is 9.12. The summed E-state index contributed by atoms with van der Waals surface area (Å²) < 4.78 is 10.1. The van der Waals surface area contributed by atoms with Crippen LogP contribution in [-0.4, -0.2) is 38.9 Å². The summed E-state index contributed by atoms with van der Waals surface area (Å²) in [6.45, 7) is 4.42. The minimum absolute atomic E-state index is 0.0774. The van der Waals surface area contributed by atoms with Crippen LogP contribution in [0.25, 0.3) is 0 Å². The molecule has 0 bridgehead atoms. The van der Waals surface area contributed by atoms with E-state index in [1.54, 1.807) is 14.2 Å². The third kappa shape index (κ3) is 4.74. The van der Waals surface area contributed by atoms with Crippen LogP contribution in [0.2, 0.25) is 0 Å². The van der Waals surface area contributed by atoms with Gasteiger partial charge in [-0.2, -0.15) is 0 Å². The molecule has 1 atom stereocenters. The first kappa shape index (κ1) is 15.8. The third-order valence-electron chi connectivity index (χ3n) is 3.16. The van der Waals surface area contributed by atoms with Gasteiger partial charge >= 0.3 is 0 Å². The van der Waals surface area contributed by atoms with Gasteiger partial charge in [-0.15, -0.1) is 0 Å². The lowest BCUT2D eigenvalue weighted by atomic mass is 10.0. The van der Waals surface area contributed by atoms with Crippen molar-refractivity contribution in [2.45, 2.75) is 32.6 Å². The van der Waals surface area contributed by atoms with Crippen LogP contribution in [-0.2, 0) is 15.9 Å². The van der Waals surface area contributed by atoms with E-state index in [1.165, 1.54) is 5.56 Å². The van der Waals surface area contributed by atoms with Crippen LogP contribution in [0, 0.1) is 0 Å². The van der Waals surface area contributed by atoms with Gasteiger partial charge in [0.1, 0.15) is 0 Å². The fraction of sp³-hybridized carbons (Fsp3) is 0.533. The second kappa shape index (κ2) is 8.04. The zero-order valence-electron chi connectivity index (χ0n) is 12.1. The van der Waals surface area contributed by atoms with Crippen molar-refractivity contribution in [1.82, 2.24) is 5.32 Å². The van der Waals surface area contributed by atoms with Crippen molar-refractivity contribution in [2.75, 3.05) is 20.8 Å². The van der Waals surface area contributed by atoms with E-state index in [-0.39, 0.29) is 18.1 Å². The van der Waals surface area contributed by atoms with Crippen LogP contribution in [0.15, 0.2) is 24.3 Å². The molecule has 0 aliphatic carbocycles. The lowest BCUT2D eigenvalue weighted by Crippen LogP contribution is -2.40. The van der Waals surface area contributed by atoms with E-state index < -0.39 is 0 Å². The van der Waals surface area contributed by atoms with E-state index in [2.05, 4.69) is 12.2 Å². The molecule has 0 aromatic heterocycles. The van der Waals surface area contributed by atoms with E-state index in [1.807, 2.05) is 31.2 Å². The van der Waals surface area contributed by atoms with E-state index >= 15 is 0 Å². The quantitative estimate of drug-likeness (QED) is 0.577. The number of rotatable bonds is 8. The number of Topliss-reactive ketones (excluding diaryl/α,β-unsaturated/α-hetero) is 1. The Bertz CT molecular complexity index is 385. The topological polar surface area (TPSA) is 47.6 Å². The van der Waals surface area contributed by atoms with Crippen molar-refractivity contribution in [3.63, 3.8) is 0 Å². The number of hydrogen-bond donors (Lipinski definition) is 1. The number of carbonyl (C=O) groups excluding carboxylic acids is 1. The molecule has 1 rings (SSSR count). The van der Waals surface area contributed by atoms with E-state index in [4.69, 9.17) is 9.47 Å². The smallest absolute Gasteiger partial charge is 0.179 e. The first-order valence-corrected chi connectivity index (χ1v) is 6.54. The molecule has 0 saturated heterocycles. The van der Waals surface area contributed by atoms with Gasteiger partial charge in [-0.05, 0) is 18.9 Å². The Hall–Kier alpha value is -1.23. The van der Waals surface area contributed by atoms with Gasteiger partial charge in [0.05, 0.1) is 6.04 Å². The highest BCUT2D eigenvalue weighted by atomic mass is 16.7. The molecule has 0 heterocycles. The Labute approximate surface area is 115 Å². The normalized spacial score (nSPS) is 12.7. The number of hydrogen-bond acceptors (Lipinski definition) is 4. The number of carbonyl (C=O) groups is 1. The van der Waals surface area contributed by atoms with Gasteiger partial charge in [0, 0.05) is 26.3 Å². The molecular formula is C15H23NO3. The monoisotopic (exact) mass is 265 g/mol. The number of ketones is 1. The Morgan fingerprint density at radius 1 is 1.21 bits per heavy atom. The Morgan fingerprint density at radius 3 is 2.26 bits per heavy atom. The second-order valence-corrected chi connectivity index (χ2v) is 4.45. The Balaban J connectivity index is 2.55. The van der Waals surface area contributed by atoms with Crippen LogP contribution in [0.1, 0.15) is 29.8 Å². The highest BCUT2D eigenvalue weighted by molar-refractivity contribution is 5.99. The molecule has 106 valence electrons. The average molecular weight is 265 g/mol. The lowest BCUT2D eigenvalue weighted by molar-refractivity contribution is -0.0992. The van der Waals surface area contributed by atoms with Crippen molar-refractivity contribution in [2.24, 2.45) is 0 Å². The molecule has 1 unspecified atom stereocenters. The van der Waals surface area contributed by atoms with Crippen molar-refractivity contribution >= 4 is 5.78 Å². The summed E-state index contributed by atoms with van der Waals surface area (Å²) in [7, 11) is 3.15. The molecule has 0 radical (unpaired) electrons. The molecule has 0 spiro atoms. The Kier molecular flexibility index (Phi) is 6.70. The van der Waals surface area contributed by atoms with E-state index in [9.17, 15) is 4.79 Å². The molecule has 0 amide bonds. The molecule has 0 fully saturated rings. The van der Waals surface area contributed by atoms with Gasteiger partial charge in [0.25, 0.3) is 0 Å². The average Bonchev–Trinajstić information content (AvgIpc) is 2.47. The highest BCUT2D eigenvalue weighted by Crippen LogP contribution is 2.08. The molecule has 1 aromatic carbocycles. The van der Waals surface area contributed by atoms with Crippen molar-refractivity contribution in [3.8, 4) is 0 Å². The SMILES string of the molecule is CCc1ccc(C(=O)C(C)NCC(OC)OC)cc1. The molecule has 1 N–H and O–H groups in total. The van der Waals surface area contributed by atoms with Gasteiger partial charge in [-0.1, -0.05) is 31.2 Å². The summed E-state index contributed by atoms with van der Waals surface area (Å²) in [5.41, 5.74) is 1.96. The fourth-order valence-electron chi connectivity index (χ4n) is 1.78. The molecule has 0 aliphatic rings. The predicted octanol–water partition coefficient (Wildman–Crippen LogP) is 2.03. The van der Waals surface area contributed by atoms with Crippen LogP contribution in [0.4, 0.5) is 0 Å². The maximum absolute atomic E-state index is 12.2. The van der Waals surface area contributed by atoms with E-state index in [0.29, 0.717) is 6.54 Å². The maximum atomic E-state index is 12.2. The number of methoxy groups -OCH3 is 2. The van der Waals surface area contributed by atoms with Crippen molar-refractivity contribution < 1.29 is 14.3 Å².